The second-order valence-electron chi connectivity index (χ2n) is 6.30. The first-order chi connectivity index (χ1) is 12.5. The zero-order chi connectivity index (χ0) is 18.9. The molecule has 0 aromatic heterocycles. The molecule has 0 saturated carbocycles. The van der Waals surface area contributed by atoms with Gasteiger partial charge in [0.1, 0.15) is 0 Å². The Kier molecular flexibility index (Phi) is 7.63. The zero-order valence-corrected chi connectivity index (χ0v) is 15.8. The van der Waals surface area contributed by atoms with Crippen molar-refractivity contribution in [1.82, 2.24) is 15.5 Å². The highest BCUT2D eigenvalue weighted by Crippen LogP contribution is 2.10. The summed E-state index contributed by atoms with van der Waals surface area (Å²) in [5, 5.41) is 5.97. The van der Waals surface area contributed by atoms with Crippen LogP contribution in [0.25, 0.3) is 0 Å². The normalized spacial score (nSPS) is 11.8. The van der Waals surface area contributed by atoms with Crippen molar-refractivity contribution in [3.8, 4) is 0 Å². The molecular formula is C20H24ClN3O2. The molecule has 0 saturated heterocycles. The molecule has 1 atom stereocenters. The maximum Gasteiger partial charge on any atom is 0.251 e. The lowest BCUT2D eigenvalue weighted by Gasteiger charge is -2.24. The third-order valence-electron chi connectivity index (χ3n) is 4.08. The molecule has 0 spiro atoms. The quantitative estimate of drug-likeness (QED) is 0.746. The van der Waals surface area contributed by atoms with Gasteiger partial charge in [0.25, 0.3) is 5.91 Å². The number of carbonyl (C=O) groups excluding carboxylic acids is 2. The maximum absolute atomic E-state index is 12.1. The second kappa shape index (κ2) is 9.94. The summed E-state index contributed by atoms with van der Waals surface area (Å²) in [6.07, 6.45) is 0.836. The fraction of sp³-hybridized carbons (Fsp3) is 0.300. The molecule has 2 aromatic carbocycles. The summed E-state index contributed by atoms with van der Waals surface area (Å²) in [5.41, 5.74) is 1.65. The Morgan fingerprint density at radius 3 is 2.42 bits per heavy atom. The molecule has 2 N–H and O–H groups in total. The van der Waals surface area contributed by atoms with Gasteiger partial charge in [0, 0.05) is 23.2 Å². The van der Waals surface area contributed by atoms with E-state index in [-0.39, 0.29) is 24.4 Å². The molecule has 0 fully saturated rings. The predicted octanol–water partition coefficient (Wildman–Crippen LogP) is 2.36. The summed E-state index contributed by atoms with van der Waals surface area (Å²) < 4.78 is 0. The SMILES string of the molecule is CN(C)C(CNC(=O)CNC(=O)c1cccc(Cl)c1)Cc1ccccc1. The predicted molar refractivity (Wildman–Crippen MR) is 104 cm³/mol. The Morgan fingerprint density at radius 1 is 1.04 bits per heavy atom. The van der Waals surface area contributed by atoms with E-state index in [0.29, 0.717) is 17.1 Å². The van der Waals surface area contributed by atoms with E-state index in [1.165, 1.54) is 5.56 Å². The minimum atomic E-state index is -0.323. The monoisotopic (exact) mass is 373 g/mol. The third kappa shape index (κ3) is 6.50. The van der Waals surface area contributed by atoms with Gasteiger partial charge in [-0.3, -0.25) is 9.59 Å². The molecule has 5 nitrogen and oxygen atoms in total. The van der Waals surface area contributed by atoms with Gasteiger partial charge in [0.15, 0.2) is 0 Å². The molecule has 0 aliphatic heterocycles. The van der Waals surface area contributed by atoms with E-state index in [1.807, 2.05) is 32.3 Å². The van der Waals surface area contributed by atoms with Gasteiger partial charge in [-0.15, -0.1) is 0 Å². The van der Waals surface area contributed by atoms with Crippen molar-refractivity contribution in [3.63, 3.8) is 0 Å². The van der Waals surface area contributed by atoms with Crippen molar-refractivity contribution in [2.75, 3.05) is 27.2 Å². The first-order valence-corrected chi connectivity index (χ1v) is 8.84. The molecular weight excluding hydrogens is 350 g/mol. The standard InChI is InChI=1S/C20H24ClN3O2/c1-24(2)18(11-15-7-4-3-5-8-15)13-22-19(25)14-23-20(26)16-9-6-10-17(21)12-16/h3-10,12,18H,11,13-14H2,1-2H3,(H,22,25)(H,23,26). The summed E-state index contributed by atoms with van der Waals surface area (Å²) in [4.78, 5) is 26.2. The van der Waals surface area contributed by atoms with E-state index in [1.54, 1.807) is 24.3 Å². The second-order valence-corrected chi connectivity index (χ2v) is 6.74. The van der Waals surface area contributed by atoms with Crippen molar-refractivity contribution in [3.05, 3.63) is 70.7 Å². The fourth-order valence-electron chi connectivity index (χ4n) is 2.51. The minimum Gasteiger partial charge on any atom is -0.353 e. The Labute approximate surface area is 159 Å². The van der Waals surface area contributed by atoms with Crippen LogP contribution in [0.2, 0.25) is 5.02 Å². The molecule has 0 bridgehead atoms. The molecule has 1 unspecified atom stereocenters. The van der Waals surface area contributed by atoms with Crippen LogP contribution in [0.3, 0.4) is 0 Å². The zero-order valence-electron chi connectivity index (χ0n) is 15.0. The molecule has 0 heterocycles. The summed E-state index contributed by atoms with van der Waals surface area (Å²) >= 11 is 5.87. The first-order valence-electron chi connectivity index (χ1n) is 8.46. The van der Waals surface area contributed by atoms with Crippen LogP contribution < -0.4 is 10.6 Å². The van der Waals surface area contributed by atoms with Gasteiger partial charge in [-0.25, -0.2) is 0 Å². The molecule has 138 valence electrons. The average molecular weight is 374 g/mol. The Morgan fingerprint density at radius 2 is 1.77 bits per heavy atom. The van der Waals surface area contributed by atoms with E-state index in [4.69, 9.17) is 11.6 Å². The highest BCUT2D eigenvalue weighted by Gasteiger charge is 2.14. The van der Waals surface area contributed by atoms with Crippen LogP contribution in [0.1, 0.15) is 15.9 Å². The van der Waals surface area contributed by atoms with Crippen molar-refractivity contribution in [1.29, 1.82) is 0 Å². The smallest absolute Gasteiger partial charge is 0.251 e. The third-order valence-corrected chi connectivity index (χ3v) is 4.31. The Balaban J connectivity index is 1.80. The number of carbonyl (C=O) groups is 2. The van der Waals surface area contributed by atoms with Crippen LogP contribution in [0.15, 0.2) is 54.6 Å². The van der Waals surface area contributed by atoms with Crippen LogP contribution in [-0.4, -0.2) is 49.9 Å². The van der Waals surface area contributed by atoms with Gasteiger partial charge in [0.2, 0.25) is 5.91 Å². The molecule has 0 aliphatic carbocycles. The van der Waals surface area contributed by atoms with Gasteiger partial charge in [-0.05, 0) is 44.3 Å². The number of amides is 2. The van der Waals surface area contributed by atoms with Gasteiger partial charge in [0.05, 0.1) is 6.54 Å². The number of nitrogens with zero attached hydrogens (tertiary/aromatic N) is 1. The van der Waals surface area contributed by atoms with Crippen LogP contribution in [0.5, 0.6) is 0 Å². The number of hydrogen-bond acceptors (Lipinski definition) is 3. The summed E-state index contributed by atoms with van der Waals surface area (Å²) in [5.74, 6) is -0.545. The van der Waals surface area contributed by atoms with E-state index in [2.05, 4.69) is 27.7 Å². The Hall–Kier alpha value is -2.37. The van der Waals surface area contributed by atoms with Gasteiger partial charge < -0.3 is 15.5 Å². The lowest BCUT2D eigenvalue weighted by atomic mass is 10.1. The van der Waals surface area contributed by atoms with Gasteiger partial charge in [-0.1, -0.05) is 48.0 Å². The van der Waals surface area contributed by atoms with Crippen LogP contribution in [-0.2, 0) is 11.2 Å². The molecule has 2 aromatic rings. The van der Waals surface area contributed by atoms with Crippen molar-refractivity contribution < 1.29 is 9.59 Å². The Bertz CT molecular complexity index is 735. The van der Waals surface area contributed by atoms with Crippen molar-refractivity contribution in [2.24, 2.45) is 0 Å². The van der Waals surface area contributed by atoms with E-state index >= 15 is 0 Å². The lowest BCUT2D eigenvalue weighted by Crippen LogP contribution is -2.44. The summed E-state index contributed by atoms with van der Waals surface area (Å²) in [7, 11) is 3.97. The van der Waals surface area contributed by atoms with Crippen LogP contribution in [0.4, 0.5) is 0 Å². The van der Waals surface area contributed by atoms with Crippen LogP contribution in [0, 0.1) is 0 Å². The van der Waals surface area contributed by atoms with Crippen molar-refractivity contribution >= 4 is 23.4 Å². The topological polar surface area (TPSA) is 61.4 Å². The molecule has 26 heavy (non-hydrogen) atoms. The molecule has 2 rings (SSSR count). The van der Waals surface area contributed by atoms with Crippen molar-refractivity contribution in [2.45, 2.75) is 12.5 Å². The summed E-state index contributed by atoms with van der Waals surface area (Å²) in [6.45, 7) is 0.435. The number of hydrogen-bond donors (Lipinski definition) is 2. The van der Waals surface area contributed by atoms with Gasteiger partial charge in [-0.2, -0.15) is 0 Å². The largest absolute Gasteiger partial charge is 0.353 e. The highest BCUT2D eigenvalue weighted by atomic mass is 35.5. The number of benzene rings is 2. The maximum atomic E-state index is 12.1. The van der Waals surface area contributed by atoms with E-state index < -0.39 is 0 Å². The van der Waals surface area contributed by atoms with E-state index in [0.717, 1.165) is 6.42 Å². The number of nitrogens with one attached hydrogen (secondary N) is 2. The summed E-state index contributed by atoms with van der Waals surface area (Å²) in [6, 6.07) is 16.9. The number of likely N-dealkylation sites (N-methyl/N-ethyl adjacent to an activating group) is 1. The lowest BCUT2D eigenvalue weighted by molar-refractivity contribution is -0.120. The number of halogens is 1. The molecule has 0 radical (unpaired) electrons. The molecule has 2 amide bonds. The fourth-order valence-corrected chi connectivity index (χ4v) is 2.70. The highest BCUT2D eigenvalue weighted by molar-refractivity contribution is 6.30. The van der Waals surface area contributed by atoms with Gasteiger partial charge >= 0.3 is 0 Å². The van der Waals surface area contributed by atoms with E-state index in [9.17, 15) is 9.59 Å². The molecule has 0 aliphatic rings. The number of rotatable bonds is 8. The van der Waals surface area contributed by atoms with Crippen LogP contribution >= 0.6 is 11.6 Å². The molecule has 6 heteroatoms. The minimum absolute atomic E-state index is 0.0726. The average Bonchev–Trinajstić information content (AvgIpc) is 2.63. The first kappa shape index (κ1) is 19.9.